The smallest absolute Gasteiger partial charge is 0.253 e. The van der Waals surface area contributed by atoms with Gasteiger partial charge in [0.15, 0.2) is 0 Å². The van der Waals surface area contributed by atoms with Gasteiger partial charge >= 0.3 is 0 Å². The number of nitrogens with one attached hydrogen (secondary N) is 1. The third kappa shape index (κ3) is 3.89. The van der Waals surface area contributed by atoms with Crippen LogP contribution in [0.5, 0.6) is 0 Å². The highest BCUT2D eigenvalue weighted by Crippen LogP contribution is 2.19. The molecule has 0 bridgehead atoms. The van der Waals surface area contributed by atoms with Crippen LogP contribution in [0.25, 0.3) is 11.1 Å². The second-order valence-electron chi connectivity index (χ2n) is 5.09. The number of benzene rings is 1. The maximum Gasteiger partial charge on any atom is 0.253 e. The fourth-order valence-corrected chi connectivity index (χ4v) is 2.01. The average Bonchev–Trinajstić information content (AvgIpc) is 2.53. The Morgan fingerprint density at radius 1 is 1.24 bits per heavy atom. The molecule has 0 aliphatic heterocycles. The van der Waals surface area contributed by atoms with E-state index in [1.807, 2.05) is 44.2 Å². The van der Waals surface area contributed by atoms with Crippen LogP contribution in [0, 0.1) is 6.92 Å². The van der Waals surface area contributed by atoms with Gasteiger partial charge in [0.2, 0.25) is 0 Å². The van der Waals surface area contributed by atoms with Gasteiger partial charge in [-0.3, -0.25) is 9.78 Å². The quantitative estimate of drug-likeness (QED) is 0.887. The van der Waals surface area contributed by atoms with Crippen molar-refractivity contribution >= 4 is 5.91 Å². The molecule has 1 aromatic heterocycles. The van der Waals surface area contributed by atoms with Crippen LogP contribution in [0.4, 0.5) is 0 Å². The lowest BCUT2D eigenvalue weighted by atomic mass is 10.0. The molecular weight excluding hydrogens is 264 g/mol. The zero-order valence-corrected chi connectivity index (χ0v) is 12.3. The maximum atomic E-state index is 12.1. The molecule has 1 unspecified atom stereocenters. The van der Waals surface area contributed by atoms with Crippen LogP contribution in [-0.2, 0) is 0 Å². The molecule has 4 nitrogen and oxygen atoms in total. The molecule has 110 valence electrons. The summed E-state index contributed by atoms with van der Waals surface area (Å²) < 4.78 is 0. The Balaban J connectivity index is 2.21. The number of hydrogen-bond donors (Lipinski definition) is 2. The third-order valence-electron chi connectivity index (χ3n) is 3.43. The predicted octanol–water partition coefficient (Wildman–Crippen LogP) is 2.56. The van der Waals surface area contributed by atoms with Crippen LogP contribution in [-0.4, -0.2) is 28.6 Å². The van der Waals surface area contributed by atoms with E-state index in [0.717, 1.165) is 11.1 Å². The van der Waals surface area contributed by atoms with Crippen LogP contribution >= 0.6 is 0 Å². The van der Waals surface area contributed by atoms with Crippen molar-refractivity contribution in [3.05, 3.63) is 53.9 Å². The standard InChI is InChI=1S/C17H20N2O2/c1-3-16(11-20)19-17(21)15-8-14(9-18-10-15)13-6-4-12(2)5-7-13/h4-10,16,20H,3,11H2,1-2H3,(H,19,21). The molecular formula is C17H20N2O2. The van der Waals surface area contributed by atoms with Gasteiger partial charge in [0.25, 0.3) is 5.91 Å². The van der Waals surface area contributed by atoms with Gasteiger partial charge in [-0.1, -0.05) is 36.8 Å². The van der Waals surface area contributed by atoms with Gasteiger partial charge in [-0.05, 0) is 25.0 Å². The SMILES string of the molecule is CCC(CO)NC(=O)c1cncc(-c2ccc(C)cc2)c1. The summed E-state index contributed by atoms with van der Waals surface area (Å²) >= 11 is 0. The van der Waals surface area contributed by atoms with E-state index in [-0.39, 0.29) is 18.6 Å². The Bertz CT molecular complexity index is 604. The lowest BCUT2D eigenvalue weighted by molar-refractivity contribution is 0.0914. The van der Waals surface area contributed by atoms with E-state index in [2.05, 4.69) is 10.3 Å². The summed E-state index contributed by atoms with van der Waals surface area (Å²) in [6.45, 7) is 3.89. The number of aryl methyl sites for hydroxylation is 1. The second-order valence-corrected chi connectivity index (χ2v) is 5.09. The van der Waals surface area contributed by atoms with Crippen LogP contribution < -0.4 is 5.32 Å². The molecule has 0 aliphatic rings. The highest BCUT2D eigenvalue weighted by atomic mass is 16.3. The molecule has 21 heavy (non-hydrogen) atoms. The molecule has 0 saturated heterocycles. The van der Waals surface area contributed by atoms with Crippen molar-refractivity contribution in [1.82, 2.24) is 10.3 Å². The van der Waals surface area contributed by atoms with Crippen molar-refractivity contribution in [3.63, 3.8) is 0 Å². The summed E-state index contributed by atoms with van der Waals surface area (Å²) in [4.78, 5) is 16.3. The summed E-state index contributed by atoms with van der Waals surface area (Å²) in [5.74, 6) is -0.211. The first-order valence-corrected chi connectivity index (χ1v) is 7.08. The van der Waals surface area contributed by atoms with E-state index < -0.39 is 0 Å². The first-order valence-electron chi connectivity index (χ1n) is 7.08. The van der Waals surface area contributed by atoms with E-state index in [0.29, 0.717) is 12.0 Å². The van der Waals surface area contributed by atoms with Crippen LogP contribution in [0.15, 0.2) is 42.7 Å². The van der Waals surface area contributed by atoms with Crippen molar-refractivity contribution < 1.29 is 9.90 Å². The minimum Gasteiger partial charge on any atom is -0.394 e. The molecule has 2 N–H and O–H groups in total. The molecule has 0 fully saturated rings. The fraction of sp³-hybridized carbons (Fsp3) is 0.294. The highest BCUT2D eigenvalue weighted by Gasteiger charge is 2.12. The molecule has 0 aliphatic carbocycles. The molecule has 2 rings (SSSR count). The lowest BCUT2D eigenvalue weighted by Crippen LogP contribution is -2.36. The fourth-order valence-electron chi connectivity index (χ4n) is 2.01. The van der Waals surface area contributed by atoms with Gasteiger partial charge in [-0.15, -0.1) is 0 Å². The maximum absolute atomic E-state index is 12.1. The van der Waals surface area contributed by atoms with Gasteiger partial charge < -0.3 is 10.4 Å². The zero-order chi connectivity index (χ0) is 15.2. The average molecular weight is 284 g/mol. The molecule has 4 heteroatoms. The number of carbonyl (C=O) groups is 1. The summed E-state index contributed by atoms with van der Waals surface area (Å²) in [6.07, 6.45) is 3.97. The first kappa shape index (κ1) is 15.2. The number of carbonyl (C=O) groups excluding carboxylic acids is 1. The van der Waals surface area contributed by atoms with Crippen molar-refractivity contribution in [2.45, 2.75) is 26.3 Å². The largest absolute Gasteiger partial charge is 0.394 e. The summed E-state index contributed by atoms with van der Waals surface area (Å²) in [7, 11) is 0. The van der Waals surface area contributed by atoms with E-state index in [1.165, 1.54) is 11.8 Å². The van der Waals surface area contributed by atoms with Crippen LogP contribution in [0.1, 0.15) is 29.3 Å². The lowest BCUT2D eigenvalue weighted by Gasteiger charge is -2.14. The Kier molecular flexibility index (Phi) is 5.06. The predicted molar refractivity (Wildman–Crippen MR) is 83.0 cm³/mol. The number of pyridine rings is 1. The minimum atomic E-state index is -0.222. The molecule has 1 heterocycles. The van der Waals surface area contributed by atoms with E-state index >= 15 is 0 Å². The van der Waals surface area contributed by atoms with Crippen molar-refractivity contribution in [1.29, 1.82) is 0 Å². The molecule has 1 atom stereocenters. The van der Waals surface area contributed by atoms with Crippen LogP contribution in [0.3, 0.4) is 0 Å². The zero-order valence-electron chi connectivity index (χ0n) is 12.3. The monoisotopic (exact) mass is 284 g/mol. The number of aliphatic hydroxyl groups excluding tert-OH is 1. The topological polar surface area (TPSA) is 62.2 Å². The molecule has 1 aromatic carbocycles. The van der Waals surface area contributed by atoms with Gasteiger partial charge in [-0.25, -0.2) is 0 Å². The molecule has 1 amide bonds. The molecule has 2 aromatic rings. The van der Waals surface area contributed by atoms with Crippen LogP contribution in [0.2, 0.25) is 0 Å². The molecule has 0 radical (unpaired) electrons. The Morgan fingerprint density at radius 2 is 1.95 bits per heavy atom. The molecule has 0 saturated carbocycles. The Hall–Kier alpha value is -2.20. The normalized spacial score (nSPS) is 12.0. The second kappa shape index (κ2) is 6.99. The number of aliphatic hydroxyl groups is 1. The van der Waals surface area contributed by atoms with Crippen molar-refractivity contribution in [2.24, 2.45) is 0 Å². The van der Waals surface area contributed by atoms with Gasteiger partial charge in [-0.2, -0.15) is 0 Å². The number of nitrogens with zero attached hydrogens (tertiary/aromatic N) is 1. The molecule has 0 spiro atoms. The summed E-state index contributed by atoms with van der Waals surface area (Å²) in [6, 6.07) is 9.67. The Morgan fingerprint density at radius 3 is 2.57 bits per heavy atom. The number of aromatic nitrogens is 1. The van der Waals surface area contributed by atoms with Gasteiger partial charge in [0.05, 0.1) is 18.2 Å². The third-order valence-corrected chi connectivity index (χ3v) is 3.43. The van der Waals surface area contributed by atoms with E-state index in [9.17, 15) is 4.79 Å². The van der Waals surface area contributed by atoms with E-state index in [1.54, 1.807) is 6.20 Å². The van der Waals surface area contributed by atoms with E-state index in [4.69, 9.17) is 5.11 Å². The Labute approximate surface area is 124 Å². The number of rotatable bonds is 5. The van der Waals surface area contributed by atoms with Crippen molar-refractivity contribution in [3.8, 4) is 11.1 Å². The summed E-state index contributed by atoms with van der Waals surface area (Å²) in [5.41, 5.74) is 3.62. The number of amides is 1. The highest BCUT2D eigenvalue weighted by molar-refractivity contribution is 5.95. The van der Waals surface area contributed by atoms with Gasteiger partial charge in [0.1, 0.15) is 0 Å². The van der Waals surface area contributed by atoms with Crippen molar-refractivity contribution in [2.75, 3.05) is 6.61 Å². The number of hydrogen-bond acceptors (Lipinski definition) is 3. The summed E-state index contributed by atoms with van der Waals surface area (Å²) in [5, 5.41) is 11.9. The van der Waals surface area contributed by atoms with Gasteiger partial charge in [0, 0.05) is 18.0 Å². The minimum absolute atomic E-state index is 0.0622. The first-order chi connectivity index (χ1) is 10.1.